The number of nitro groups is 1. The van der Waals surface area contributed by atoms with E-state index in [0.717, 1.165) is 16.1 Å². The molecule has 0 N–H and O–H groups in total. The Morgan fingerprint density at radius 1 is 1.08 bits per heavy atom. The molecule has 1 heterocycles. The van der Waals surface area contributed by atoms with Crippen molar-refractivity contribution in [2.45, 2.75) is 11.8 Å². The van der Waals surface area contributed by atoms with Crippen molar-refractivity contribution in [3.05, 3.63) is 87.2 Å². The highest BCUT2D eigenvalue weighted by molar-refractivity contribution is 7.92. The lowest BCUT2D eigenvalue weighted by Crippen LogP contribution is -2.52. The van der Waals surface area contributed by atoms with E-state index in [4.69, 9.17) is 16.3 Å². The van der Waals surface area contributed by atoms with Crippen LogP contribution < -0.4 is 13.9 Å². The Labute approximate surface area is 230 Å². The van der Waals surface area contributed by atoms with Gasteiger partial charge in [0.15, 0.2) is 0 Å². The maximum Gasteiger partial charge on any atom is 0.273 e. The molecule has 0 spiro atoms. The summed E-state index contributed by atoms with van der Waals surface area (Å²) >= 11 is 6.18. The van der Waals surface area contributed by atoms with Crippen LogP contribution in [0.5, 0.6) is 5.75 Å². The molecule has 0 radical (unpaired) electrons. The van der Waals surface area contributed by atoms with Gasteiger partial charge in [-0.2, -0.15) is 0 Å². The molecule has 1 amide bonds. The first-order chi connectivity index (χ1) is 18.5. The van der Waals surface area contributed by atoms with Crippen molar-refractivity contribution < 1.29 is 27.3 Å². The van der Waals surface area contributed by atoms with Crippen LogP contribution in [-0.2, 0) is 14.8 Å². The minimum Gasteiger partial charge on any atom is -0.495 e. The molecule has 13 heteroatoms. The zero-order valence-electron chi connectivity index (χ0n) is 21.2. The number of nitrogens with zero attached hydrogens (tertiary/aromatic N) is 4. The number of methoxy groups -OCH3 is 1. The molecule has 1 fully saturated rings. The lowest BCUT2D eigenvalue weighted by molar-refractivity contribution is -0.385. The smallest absolute Gasteiger partial charge is 0.273 e. The minimum atomic E-state index is -4.47. The van der Waals surface area contributed by atoms with Gasteiger partial charge in [0.25, 0.3) is 15.7 Å². The molecule has 0 unspecified atom stereocenters. The summed E-state index contributed by atoms with van der Waals surface area (Å²) in [6, 6.07) is 14.0. The van der Waals surface area contributed by atoms with Gasteiger partial charge in [-0.25, -0.2) is 12.8 Å². The van der Waals surface area contributed by atoms with Crippen LogP contribution in [0.4, 0.5) is 21.5 Å². The van der Waals surface area contributed by atoms with Gasteiger partial charge in [-0.3, -0.25) is 19.2 Å². The summed E-state index contributed by atoms with van der Waals surface area (Å²) in [4.78, 5) is 27.5. The lowest BCUT2D eigenvalue weighted by atomic mass is 10.2. The van der Waals surface area contributed by atoms with Crippen LogP contribution in [0.25, 0.3) is 0 Å². The van der Waals surface area contributed by atoms with Crippen LogP contribution in [0, 0.1) is 22.9 Å². The molecule has 3 aromatic carbocycles. The van der Waals surface area contributed by atoms with E-state index in [-0.39, 0.29) is 32.9 Å². The number of piperazine rings is 1. The molecule has 1 saturated heterocycles. The monoisotopic (exact) mass is 576 g/mol. The molecule has 0 bridgehead atoms. The molecule has 206 valence electrons. The van der Waals surface area contributed by atoms with Crippen LogP contribution in [-0.4, -0.2) is 64.0 Å². The second kappa shape index (κ2) is 11.5. The summed E-state index contributed by atoms with van der Waals surface area (Å²) in [6.45, 7) is 2.47. The molecule has 10 nitrogen and oxygen atoms in total. The number of benzene rings is 3. The maximum absolute atomic E-state index is 13.9. The third-order valence-electron chi connectivity index (χ3n) is 6.48. The van der Waals surface area contributed by atoms with Crippen molar-refractivity contribution >= 4 is 44.6 Å². The first kappa shape index (κ1) is 28.1. The number of carbonyl (C=O) groups excluding carboxylic acids is 1. The predicted octanol–water partition coefficient (Wildman–Crippen LogP) is 4.25. The van der Waals surface area contributed by atoms with Gasteiger partial charge in [-0.05, 0) is 55.5 Å². The third kappa shape index (κ3) is 6.07. The number of halogens is 2. The first-order valence-corrected chi connectivity index (χ1v) is 13.7. The number of nitro benzene ring substituents is 1. The van der Waals surface area contributed by atoms with Crippen molar-refractivity contribution in [1.82, 2.24) is 4.90 Å². The van der Waals surface area contributed by atoms with E-state index in [1.165, 1.54) is 61.4 Å². The van der Waals surface area contributed by atoms with Gasteiger partial charge in [0, 0.05) is 48.5 Å². The fraction of sp³-hybridized carbons (Fsp3) is 0.269. The van der Waals surface area contributed by atoms with Gasteiger partial charge < -0.3 is 14.5 Å². The maximum atomic E-state index is 13.9. The zero-order valence-corrected chi connectivity index (χ0v) is 22.8. The molecule has 0 aromatic heterocycles. The predicted molar refractivity (Wildman–Crippen MR) is 146 cm³/mol. The van der Waals surface area contributed by atoms with E-state index in [1.54, 1.807) is 12.1 Å². The summed E-state index contributed by atoms with van der Waals surface area (Å²) in [6.07, 6.45) is 0. The van der Waals surface area contributed by atoms with Crippen molar-refractivity contribution in [2.24, 2.45) is 0 Å². The Balaban J connectivity index is 1.64. The van der Waals surface area contributed by atoms with E-state index >= 15 is 0 Å². The molecule has 1 aliphatic rings. The number of hydrogen-bond acceptors (Lipinski definition) is 7. The Morgan fingerprint density at radius 2 is 1.74 bits per heavy atom. The fourth-order valence-corrected chi connectivity index (χ4v) is 5.92. The summed E-state index contributed by atoms with van der Waals surface area (Å²) in [5.74, 6) is -0.663. The largest absolute Gasteiger partial charge is 0.495 e. The average molecular weight is 577 g/mol. The average Bonchev–Trinajstić information content (AvgIpc) is 2.92. The van der Waals surface area contributed by atoms with E-state index in [9.17, 15) is 27.7 Å². The number of anilines is 2. The van der Waals surface area contributed by atoms with Crippen LogP contribution in [0.1, 0.15) is 5.56 Å². The molecular formula is C26H26ClFN4O6S. The molecule has 39 heavy (non-hydrogen) atoms. The van der Waals surface area contributed by atoms with Gasteiger partial charge in [-0.15, -0.1) is 0 Å². The van der Waals surface area contributed by atoms with Gasteiger partial charge >= 0.3 is 0 Å². The Hall–Kier alpha value is -3.90. The number of hydrogen-bond donors (Lipinski definition) is 0. The highest BCUT2D eigenvalue weighted by atomic mass is 35.5. The molecule has 4 rings (SSSR count). The summed E-state index contributed by atoms with van der Waals surface area (Å²) in [5, 5.41) is 11.7. The lowest BCUT2D eigenvalue weighted by Gasteiger charge is -2.37. The normalized spacial score (nSPS) is 13.7. The SMILES string of the molecule is COc1ccc(Cl)cc1N(CC(=O)N1CCN(c2ccc(F)cc2)CC1)S(=O)(=O)c1ccc(C)c([N+](=O)[O-])c1. The number of ether oxygens (including phenoxy) is 1. The van der Waals surface area contributed by atoms with E-state index < -0.39 is 27.4 Å². The molecule has 0 atom stereocenters. The van der Waals surface area contributed by atoms with Gasteiger partial charge in [0.05, 0.1) is 22.6 Å². The number of amides is 1. The van der Waals surface area contributed by atoms with Crippen molar-refractivity contribution in [3.63, 3.8) is 0 Å². The van der Waals surface area contributed by atoms with Crippen LogP contribution in [0.3, 0.4) is 0 Å². The highest BCUT2D eigenvalue weighted by Crippen LogP contribution is 2.36. The number of aryl methyl sites for hydroxylation is 1. The minimum absolute atomic E-state index is 0.0199. The van der Waals surface area contributed by atoms with E-state index in [1.807, 2.05) is 4.90 Å². The van der Waals surface area contributed by atoms with E-state index in [2.05, 4.69) is 0 Å². The second-order valence-electron chi connectivity index (χ2n) is 8.88. The zero-order chi connectivity index (χ0) is 28.3. The van der Waals surface area contributed by atoms with Gasteiger partial charge in [0.1, 0.15) is 18.1 Å². The van der Waals surface area contributed by atoms with Crippen LogP contribution in [0.15, 0.2) is 65.6 Å². The van der Waals surface area contributed by atoms with Gasteiger partial charge in [0.2, 0.25) is 5.91 Å². The van der Waals surface area contributed by atoms with Crippen LogP contribution >= 0.6 is 11.6 Å². The Bertz CT molecular complexity index is 1490. The quantitative estimate of drug-likeness (QED) is 0.291. The molecular weight excluding hydrogens is 551 g/mol. The standard InChI is InChI=1S/C26H26ClFN4O6S/c1-18-3-9-22(16-23(18)32(34)35)39(36,37)31(24-15-19(27)4-10-25(24)38-2)17-26(33)30-13-11-29(12-14-30)21-7-5-20(28)6-8-21/h3-10,15-16H,11-14,17H2,1-2H3. The molecule has 0 saturated carbocycles. The second-order valence-corrected chi connectivity index (χ2v) is 11.2. The van der Waals surface area contributed by atoms with Crippen molar-refractivity contribution in [2.75, 3.05) is 49.0 Å². The van der Waals surface area contributed by atoms with E-state index in [0.29, 0.717) is 31.7 Å². The van der Waals surface area contributed by atoms with Crippen molar-refractivity contribution in [3.8, 4) is 5.75 Å². The number of rotatable bonds is 8. The Morgan fingerprint density at radius 3 is 2.36 bits per heavy atom. The fourth-order valence-electron chi connectivity index (χ4n) is 4.32. The molecule has 3 aromatic rings. The Kier molecular flexibility index (Phi) is 8.26. The summed E-state index contributed by atoms with van der Waals surface area (Å²) in [5.41, 5.74) is 0.766. The summed E-state index contributed by atoms with van der Waals surface area (Å²) < 4.78 is 47.3. The first-order valence-electron chi connectivity index (χ1n) is 11.9. The molecule has 0 aliphatic carbocycles. The number of sulfonamides is 1. The van der Waals surface area contributed by atoms with Crippen LogP contribution in [0.2, 0.25) is 5.02 Å². The third-order valence-corrected chi connectivity index (χ3v) is 8.47. The molecule has 1 aliphatic heterocycles. The number of carbonyl (C=O) groups is 1. The topological polar surface area (TPSA) is 113 Å². The summed E-state index contributed by atoms with van der Waals surface area (Å²) in [7, 11) is -3.12. The van der Waals surface area contributed by atoms with Gasteiger partial charge in [-0.1, -0.05) is 17.7 Å². The highest BCUT2D eigenvalue weighted by Gasteiger charge is 2.33. The van der Waals surface area contributed by atoms with Crippen molar-refractivity contribution in [1.29, 1.82) is 0 Å².